The second-order valence-electron chi connectivity index (χ2n) is 2.49. The molecule has 1 aromatic rings. The van der Waals surface area contributed by atoms with Gasteiger partial charge in [0, 0.05) is 6.07 Å². The fourth-order valence-electron chi connectivity index (χ4n) is 0.863. The minimum atomic E-state index is -0.940. The molecule has 0 atom stereocenters. The van der Waals surface area contributed by atoms with Crippen LogP contribution in [0.4, 0.5) is 10.5 Å². The van der Waals surface area contributed by atoms with Gasteiger partial charge in [-0.2, -0.15) is 4.99 Å². The van der Waals surface area contributed by atoms with Crippen LogP contribution in [0.3, 0.4) is 0 Å². The normalized spacial score (nSPS) is 9.19. The summed E-state index contributed by atoms with van der Waals surface area (Å²) in [5, 5.41) is 0.241. The third-order valence-corrected chi connectivity index (χ3v) is 2.13. The van der Waals surface area contributed by atoms with Crippen LogP contribution in [0.15, 0.2) is 17.1 Å². The maximum absolute atomic E-state index is 10.8. The molecule has 0 amide bonds. The summed E-state index contributed by atoms with van der Waals surface area (Å²) >= 11 is 11.5. The van der Waals surface area contributed by atoms with Crippen LogP contribution in [-0.4, -0.2) is 19.3 Å². The molecule has 0 aromatic heterocycles. The maximum Gasteiger partial charge on any atom is 0.513 e. The van der Waals surface area contributed by atoms with E-state index in [-0.39, 0.29) is 21.5 Å². The standard InChI is InChI=1S/C9H5Cl2NO4/c1-15-9(14)16-8-3-7(12-4-13)5(10)2-6(8)11/h2-3H,1H3. The van der Waals surface area contributed by atoms with Crippen LogP contribution in [0.25, 0.3) is 0 Å². The molecule has 7 heteroatoms. The molecule has 5 nitrogen and oxygen atoms in total. The summed E-state index contributed by atoms with van der Waals surface area (Å²) in [7, 11) is 1.15. The number of carbonyl (C=O) groups is 1. The number of ether oxygens (including phenoxy) is 2. The van der Waals surface area contributed by atoms with Crippen LogP contribution in [0, 0.1) is 0 Å². The Bertz CT molecular complexity index is 469. The smallest absolute Gasteiger partial charge is 0.437 e. The molecule has 0 aliphatic heterocycles. The Morgan fingerprint density at radius 2 is 2.06 bits per heavy atom. The predicted molar refractivity (Wildman–Crippen MR) is 57.3 cm³/mol. The van der Waals surface area contributed by atoms with Gasteiger partial charge >= 0.3 is 6.16 Å². The van der Waals surface area contributed by atoms with Crippen LogP contribution in [-0.2, 0) is 9.53 Å². The van der Waals surface area contributed by atoms with Crippen molar-refractivity contribution in [2.75, 3.05) is 7.11 Å². The zero-order valence-corrected chi connectivity index (χ0v) is 9.50. The summed E-state index contributed by atoms with van der Waals surface area (Å²) in [6, 6.07) is 2.52. The van der Waals surface area contributed by atoms with Gasteiger partial charge in [0.15, 0.2) is 5.75 Å². The third-order valence-electron chi connectivity index (χ3n) is 1.53. The van der Waals surface area contributed by atoms with Gasteiger partial charge < -0.3 is 9.47 Å². The molecular formula is C9H5Cl2NO4. The number of rotatable bonds is 2. The minimum Gasteiger partial charge on any atom is -0.437 e. The van der Waals surface area contributed by atoms with Gasteiger partial charge in [0.2, 0.25) is 6.08 Å². The van der Waals surface area contributed by atoms with Crippen molar-refractivity contribution in [2.45, 2.75) is 0 Å². The highest BCUT2D eigenvalue weighted by molar-refractivity contribution is 6.37. The number of benzene rings is 1. The second-order valence-corrected chi connectivity index (χ2v) is 3.31. The fraction of sp³-hybridized carbons (Fsp3) is 0.111. The quantitative estimate of drug-likeness (QED) is 0.355. The van der Waals surface area contributed by atoms with Crippen molar-refractivity contribution in [3.63, 3.8) is 0 Å². The van der Waals surface area contributed by atoms with E-state index in [1.807, 2.05) is 0 Å². The Balaban J connectivity index is 3.14. The molecule has 16 heavy (non-hydrogen) atoms. The molecule has 1 aromatic carbocycles. The summed E-state index contributed by atoms with van der Waals surface area (Å²) in [4.78, 5) is 24.2. The largest absolute Gasteiger partial charge is 0.513 e. The highest BCUT2D eigenvalue weighted by Crippen LogP contribution is 2.35. The van der Waals surface area contributed by atoms with Gasteiger partial charge in [-0.3, -0.25) is 0 Å². The lowest BCUT2D eigenvalue weighted by atomic mass is 10.3. The Morgan fingerprint density at radius 3 is 2.62 bits per heavy atom. The summed E-state index contributed by atoms with van der Waals surface area (Å²) in [6.45, 7) is 0. The van der Waals surface area contributed by atoms with Crippen molar-refractivity contribution < 1.29 is 19.1 Å². The molecule has 0 fully saturated rings. The van der Waals surface area contributed by atoms with Crippen LogP contribution in [0.1, 0.15) is 0 Å². The highest BCUT2D eigenvalue weighted by Gasteiger charge is 2.12. The Morgan fingerprint density at radius 1 is 1.38 bits per heavy atom. The SMILES string of the molecule is COC(=O)Oc1cc(N=C=O)c(Cl)cc1Cl. The van der Waals surface area contributed by atoms with Gasteiger partial charge in [0.05, 0.1) is 22.8 Å². The lowest BCUT2D eigenvalue weighted by Crippen LogP contribution is -2.07. The number of hydrogen-bond donors (Lipinski definition) is 0. The number of aliphatic imine (C=N–C) groups is 1. The molecule has 0 saturated carbocycles. The van der Waals surface area contributed by atoms with Gasteiger partial charge in [-0.15, -0.1) is 0 Å². The van der Waals surface area contributed by atoms with E-state index in [4.69, 9.17) is 27.9 Å². The van der Waals surface area contributed by atoms with Crippen molar-refractivity contribution in [3.8, 4) is 5.75 Å². The molecule has 0 bridgehead atoms. The predicted octanol–water partition coefficient (Wildman–Crippen LogP) is 3.11. The Kier molecular flexibility index (Phi) is 4.31. The van der Waals surface area contributed by atoms with E-state index in [1.54, 1.807) is 0 Å². The molecule has 0 spiro atoms. The summed E-state index contributed by atoms with van der Waals surface area (Å²) < 4.78 is 8.97. The van der Waals surface area contributed by atoms with Crippen molar-refractivity contribution >= 4 is 41.1 Å². The molecule has 0 aliphatic carbocycles. The van der Waals surface area contributed by atoms with Gasteiger partial charge in [-0.05, 0) is 6.07 Å². The molecule has 0 saturated heterocycles. The van der Waals surface area contributed by atoms with E-state index in [0.717, 1.165) is 7.11 Å². The number of halogens is 2. The van der Waals surface area contributed by atoms with Crippen molar-refractivity contribution in [3.05, 3.63) is 22.2 Å². The molecule has 84 valence electrons. The topological polar surface area (TPSA) is 65.0 Å². The molecule has 0 unspecified atom stereocenters. The number of isocyanates is 1. The summed E-state index contributed by atoms with van der Waals surface area (Å²) in [5.74, 6) is -0.00748. The third kappa shape index (κ3) is 2.97. The average Bonchev–Trinajstić information content (AvgIpc) is 2.25. The summed E-state index contributed by atoms with van der Waals surface area (Å²) in [5.41, 5.74) is 0.0972. The molecule has 0 heterocycles. The first-order valence-electron chi connectivity index (χ1n) is 3.91. The lowest BCUT2D eigenvalue weighted by Gasteiger charge is -2.06. The highest BCUT2D eigenvalue weighted by atomic mass is 35.5. The Hall–Kier alpha value is -1.55. The fourth-order valence-corrected chi connectivity index (χ4v) is 1.33. The van der Waals surface area contributed by atoms with Crippen LogP contribution >= 0.6 is 23.2 Å². The van der Waals surface area contributed by atoms with Gasteiger partial charge in [-0.1, -0.05) is 23.2 Å². The van der Waals surface area contributed by atoms with Gasteiger partial charge in [0.1, 0.15) is 0 Å². The second kappa shape index (κ2) is 5.51. The average molecular weight is 262 g/mol. The Labute approximate surface area is 101 Å². The van der Waals surface area contributed by atoms with E-state index in [0.29, 0.717) is 0 Å². The van der Waals surface area contributed by atoms with Gasteiger partial charge in [-0.25, -0.2) is 9.59 Å². The van der Waals surface area contributed by atoms with Crippen molar-refractivity contribution in [2.24, 2.45) is 4.99 Å². The molecule has 0 aliphatic rings. The molecular weight excluding hydrogens is 257 g/mol. The van der Waals surface area contributed by atoms with Crippen LogP contribution in [0.5, 0.6) is 5.75 Å². The zero-order valence-electron chi connectivity index (χ0n) is 7.99. The van der Waals surface area contributed by atoms with E-state index in [2.05, 4.69) is 9.73 Å². The number of hydrogen-bond acceptors (Lipinski definition) is 5. The molecule has 1 rings (SSSR count). The lowest BCUT2D eigenvalue weighted by molar-refractivity contribution is 0.121. The summed E-state index contributed by atoms with van der Waals surface area (Å²) in [6.07, 6.45) is 0.375. The van der Waals surface area contributed by atoms with E-state index in [1.165, 1.54) is 18.2 Å². The van der Waals surface area contributed by atoms with Gasteiger partial charge in [0.25, 0.3) is 0 Å². The molecule has 0 N–H and O–H groups in total. The number of carbonyl (C=O) groups excluding carboxylic acids is 2. The van der Waals surface area contributed by atoms with Crippen molar-refractivity contribution in [1.29, 1.82) is 0 Å². The molecule has 0 radical (unpaired) electrons. The van der Waals surface area contributed by atoms with Crippen molar-refractivity contribution in [1.82, 2.24) is 0 Å². The number of nitrogens with zero attached hydrogens (tertiary/aromatic N) is 1. The zero-order chi connectivity index (χ0) is 12.1. The first-order valence-corrected chi connectivity index (χ1v) is 4.66. The van der Waals surface area contributed by atoms with Crippen LogP contribution < -0.4 is 4.74 Å². The number of methoxy groups -OCH3 is 1. The first kappa shape index (κ1) is 12.5. The van der Waals surface area contributed by atoms with E-state index >= 15 is 0 Å². The minimum absolute atomic E-state index is 0.00748. The monoisotopic (exact) mass is 261 g/mol. The van der Waals surface area contributed by atoms with E-state index < -0.39 is 6.16 Å². The first-order chi connectivity index (χ1) is 7.58. The van der Waals surface area contributed by atoms with E-state index in [9.17, 15) is 9.59 Å². The van der Waals surface area contributed by atoms with Crippen LogP contribution in [0.2, 0.25) is 10.0 Å². The maximum atomic E-state index is 10.8.